The molecule has 0 atom stereocenters. The average Bonchev–Trinajstić information content (AvgIpc) is 2.30. The third-order valence-corrected chi connectivity index (χ3v) is 3.40. The molecule has 16 heavy (non-hydrogen) atoms. The number of nitrogens with zero attached hydrogens (tertiary/aromatic N) is 2. The first-order valence-corrected chi connectivity index (χ1v) is 5.84. The molecule has 0 bridgehead atoms. The fraction of sp³-hybridized carbons (Fsp3) is 0.538. The van der Waals surface area contributed by atoms with Crippen molar-refractivity contribution in [2.45, 2.75) is 26.7 Å². The van der Waals surface area contributed by atoms with Crippen LogP contribution < -0.4 is 4.90 Å². The van der Waals surface area contributed by atoms with E-state index in [1.165, 1.54) is 11.3 Å². The molecule has 0 aliphatic carbocycles. The largest absolute Gasteiger partial charge is 0.371 e. The average molecular weight is 218 g/mol. The van der Waals surface area contributed by atoms with Gasteiger partial charge in [-0.1, -0.05) is 0 Å². The summed E-state index contributed by atoms with van der Waals surface area (Å²) in [5.41, 5.74) is 2.47. The molecule has 3 heteroatoms. The molecule has 1 fully saturated rings. The van der Waals surface area contributed by atoms with Crippen LogP contribution in [0, 0.1) is 12.8 Å². The van der Waals surface area contributed by atoms with Crippen LogP contribution in [0.5, 0.6) is 0 Å². The van der Waals surface area contributed by atoms with Gasteiger partial charge in [-0.2, -0.15) is 0 Å². The monoisotopic (exact) mass is 218 g/mol. The standard InChI is InChI=1S/C13H18N2O/c1-10-9-14-6-3-13(10)15-7-4-12(5-8-15)11(2)16/h3,6,9,12H,4-5,7-8H2,1-2H3. The van der Waals surface area contributed by atoms with Gasteiger partial charge < -0.3 is 4.90 Å². The highest BCUT2D eigenvalue weighted by molar-refractivity contribution is 5.78. The molecule has 0 saturated carbocycles. The van der Waals surface area contributed by atoms with Crippen LogP contribution in [0.3, 0.4) is 0 Å². The van der Waals surface area contributed by atoms with E-state index in [1.807, 2.05) is 12.4 Å². The molecule has 1 aliphatic rings. The molecule has 1 aromatic rings. The van der Waals surface area contributed by atoms with Crippen molar-refractivity contribution >= 4 is 11.5 Å². The summed E-state index contributed by atoms with van der Waals surface area (Å²) in [5, 5.41) is 0. The van der Waals surface area contributed by atoms with E-state index in [4.69, 9.17) is 0 Å². The van der Waals surface area contributed by atoms with Crippen molar-refractivity contribution in [1.82, 2.24) is 4.98 Å². The number of carbonyl (C=O) groups is 1. The van der Waals surface area contributed by atoms with E-state index in [0.717, 1.165) is 25.9 Å². The van der Waals surface area contributed by atoms with Gasteiger partial charge in [0.2, 0.25) is 0 Å². The van der Waals surface area contributed by atoms with Gasteiger partial charge in [0.15, 0.2) is 0 Å². The van der Waals surface area contributed by atoms with Gasteiger partial charge >= 0.3 is 0 Å². The second-order valence-electron chi connectivity index (χ2n) is 4.53. The molecule has 3 nitrogen and oxygen atoms in total. The Balaban J connectivity index is 2.05. The molecular formula is C13H18N2O. The van der Waals surface area contributed by atoms with Crippen molar-refractivity contribution in [3.8, 4) is 0 Å². The molecule has 2 heterocycles. The zero-order valence-corrected chi connectivity index (χ0v) is 9.94. The lowest BCUT2D eigenvalue weighted by atomic mass is 9.93. The third-order valence-electron chi connectivity index (χ3n) is 3.40. The molecule has 0 amide bonds. The molecule has 1 saturated heterocycles. The Morgan fingerprint density at radius 3 is 2.69 bits per heavy atom. The van der Waals surface area contributed by atoms with E-state index < -0.39 is 0 Å². The minimum Gasteiger partial charge on any atom is -0.371 e. The molecule has 0 unspecified atom stereocenters. The van der Waals surface area contributed by atoms with Crippen molar-refractivity contribution < 1.29 is 4.79 Å². The maximum atomic E-state index is 11.3. The zero-order chi connectivity index (χ0) is 11.5. The van der Waals surface area contributed by atoms with Crippen LogP contribution in [0.25, 0.3) is 0 Å². The molecule has 0 aromatic carbocycles. The Bertz CT molecular complexity index is 381. The second-order valence-corrected chi connectivity index (χ2v) is 4.53. The van der Waals surface area contributed by atoms with Crippen LogP contribution in [0.4, 0.5) is 5.69 Å². The van der Waals surface area contributed by atoms with Crippen LogP contribution in [-0.2, 0) is 4.79 Å². The Labute approximate surface area is 96.5 Å². The Hall–Kier alpha value is -1.38. The fourth-order valence-corrected chi connectivity index (χ4v) is 2.35. The molecular weight excluding hydrogens is 200 g/mol. The lowest BCUT2D eigenvalue weighted by molar-refractivity contribution is -0.121. The number of rotatable bonds is 2. The zero-order valence-electron chi connectivity index (χ0n) is 9.94. The van der Waals surface area contributed by atoms with Crippen LogP contribution in [0.15, 0.2) is 18.5 Å². The molecule has 2 rings (SSSR count). The van der Waals surface area contributed by atoms with E-state index >= 15 is 0 Å². The number of carbonyl (C=O) groups excluding carboxylic acids is 1. The van der Waals surface area contributed by atoms with Gasteiger partial charge in [-0.15, -0.1) is 0 Å². The minimum absolute atomic E-state index is 0.276. The summed E-state index contributed by atoms with van der Waals surface area (Å²) in [6.45, 7) is 5.75. The van der Waals surface area contributed by atoms with Crippen LogP contribution in [0.2, 0.25) is 0 Å². The van der Waals surface area contributed by atoms with Gasteiger partial charge in [0.25, 0.3) is 0 Å². The quantitative estimate of drug-likeness (QED) is 0.763. The topological polar surface area (TPSA) is 33.2 Å². The maximum Gasteiger partial charge on any atom is 0.133 e. The SMILES string of the molecule is CC(=O)C1CCN(c2ccncc2C)CC1. The normalized spacial score (nSPS) is 17.5. The van der Waals surface area contributed by atoms with E-state index in [1.54, 1.807) is 6.92 Å². The third kappa shape index (κ3) is 2.23. The number of aryl methyl sites for hydroxylation is 1. The van der Waals surface area contributed by atoms with Gasteiger partial charge in [0.1, 0.15) is 5.78 Å². The van der Waals surface area contributed by atoms with Crippen LogP contribution in [-0.4, -0.2) is 23.9 Å². The number of piperidine rings is 1. The van der Waals surface area contributed by atoms with E-state index in [-0.39, 0.29) is 5.92 Å². The smallest absolute Gasteiger partial charge is 0.133 e. The Morgan fingerprint density at radius 2 is 2.12 bits per heavy atom. The molecule has 1 aliphatic heterocycles. The predicted molar refractivity (Wildman–Crippen MR) is 64.6 cm³/mol. The molecule has 86 valence electrons. The van der Waals surface area contributed by atoms with Gasteiger partial charge in [0.05, 0.1) is 0 Å². The van der Waals surface area contributed by atoms with Gasteiger partial charge in [-0.3, -0.25) is 9.78 Å². The van der Waals surface area contributed by atoms with E-state index in [0.29, 0.717) is 5.78 Å². The predicted octanol–water partition coefficient (Wildman–Crippen LogP) is 2.20. The summed E-state index contributed by atoms with van der Waals surface area (Å²) in [4.78, 5) is 17.7. The number of Topliss-reactive ketones (excluding diaryl/α,β-unsaturated/α-hetero) is 1. The lowest BCUT2D eigenvalue weighted by Gasteiger charge is -2.33. The maximum absolute atomic E-state index is 11.3. The molecule has 1 aromatic heterocycles. The highest BCUT2D eigenvalue weighted by Crippen LogP contribution is 2.25. The van der Waals surface area contributed by atoms with Crippen molar-refractivity contribution in [3.63, 3.8) is 0 Å². The summed E-state index contributed by atoms with van der Waals surface area (Å²) in [5.74, 6) is 0.615. The van der Waals surface area contributed by atoms with Gasteiger partial charge in [-0.05, 0) is 38.3 Å². The van der Waals surface area contributed by atoms with E-state index in [2.05, 4.69) is 22.9 Å². The van der Waals surface area contributed by atoms with Crippen LogP contribution in [0.1, 0.15) is 25.3 Å². The van der Waals surface area contributed by atoms with Crippen molar-refractivity contribution in [3.05, 3.63) is 24.0 Å². The highest BCUT2D eigenvalue weighted by atomic mass is 16.1. The summed E-state index contributed by atoms with van der Waals surface area (Å²) in [7, 11) is 0. The summed E-state index contributed by atoms with van der Waals surface area (Å²) < 4.78 is 0. The first-order chi connectivity index (χ1) is 7.68. The highest BCUT2D eigenvalue weighted by Gasteiger charge is 2.22. The molecule has 0 N–H and O–H groups in total. The molecule has 0 radical (unpaired) electrons. The first kappa shape index (κ1) is 11.1. The summed E-state index contributed by atoms with van der Waals surface area (Å²) >= 11 is 0. The molecule has 0 spiro atoms. The van der Waals surface area contributed by atoms with Crippen molar-refractivity contribution in [2.75, 3.05) is 18.0 Å². The number of ketones is 1. The number of pyridine rings is 1. The number of hydrogen-bond donors (Lipinski definition) is 0. The van der Waals surface area contributed by atoms with Crippen molar-refractivity contribution in [1.29, 1.82) is 0 Å². The first-order valence-electron chi connectivity index (χ1n) is 5.84. The summed E-state index contributed by atoms with van der Waals surface area (Å²) in [6.07, 6.45) is 5.69. The van der Waals surface area contributed by atoms with Crippen LogP contribution >= 0.6 is 0 Å². The number of aromatic nitrogens is 1. The Morgan fingerprint density at radius 1 is 1.44 bits per heavy atom. The lowest BCUT2D eigenvalue weighted by Crippen LogP contribution is -2.36. The second kappa shape index (κ2) is 4.64. The van der Waals surface area contributed by atoms with Gasteiger partial charge in [-0.25, -0.2) is 0 Å². The van der Waals surface area contributed by atoms with Gasteiger partial charge in [0, 0.05) is 37.1 Å². The number of hydrogen-bond acceptors (Lipinski definition) is 3. The minimum atomic E-state index is 0.276. The Kier molecular flexibility index (Phi) is 3.22. The van der Waals surface area contributed by atoms with E-state index in [9.17, 15) is 4.79 Å². The summed E-state index contributed by atoms with van der Waals surface area (Å²) in [6, 6.07) is 2.06. The number of anilines is 1. The fourth-order valence-electron chi connectivity index (χ4n) is 2.35. The van der Waals surface area contributed by atoms with Crippen molar-refractivity contribution in [2.24, 2.45) is 5.92 Å².